The molecule has 2 aromatic carbocycles. The second-order valence-electron chi connectivity index (χ2n) is 17.6. The number of nitriles is 1. The van der Waals surface area contributed by atoms with Crippen molar-refractivity contribution in [3.8, 4) is 6.07 Å². The Labute approximate surface area is 338 Å². The van der Waals surface area contributed by atoms with Gasteiger partial charge in [0.05, 0.1) is 40.2 Å². The molecule has 1 spiro atoms. The molecule has 6 heterocycles. The number of benzene rings is 2. The molecule has 0 radical (unpaired) electrons. The fourth-order valence-electron chi connectivity index (χ4n) is 10.2. The van der Waals surface area contributed by atoms with Gasteiger partial charge in [-0.2, -0.15) is 23.5 Å². The van der Waals surface area contributed by atoms with E-state index in [1.165, 1.54) is 10.7 Å². The van der Waals surface area contributed by atoms with E-state index in [4.69, 9.17) is 5.26 Å². The van der Waals surface area contributed by atoms with E-state index in [-0.39, 0.29) is 24.1 Å². The van der Waals surface area contributed by atoms with Crippen molar-refractivity contribution in [3.05, 3.63) is 71.0 Å². The third kappa shape index (κ3) is 6.70. The van der Waals surface area contributed by atoms with Crippen LogP contribution in [-0.4, -0.2) is 100 Å². The van der Waals surface area contributed by atoms with Crippen molar-refractivity contribution in [2.24, 2.45) is 17.3 Å². The van der Waals surface area contributed by atoms with Crippen LogP contribution in [0.1, 0.15) is 84.2 Å². The third-order valence-corrected chi connectivity index (χ3v) is 13.7. The number of hydrogen-bond donors (Lipinski definition) is 2. The van der Waals surface area contributed by atoms with Gasteiger partial charge >= 0.3 is 6.18 Å². The van der Waals surface area contributed by atoms with E-state index >= 15 is 0 Å². The van der Waals surface area contributed by atoms with Gasteiger partial charge in [0.15, 0.2) is 0 Å². The minimum atomic E-state index is -4.74. The molecule has 3 aromatic rings. The van der Waals surface area contributed by atoms with Crippen LogP contribution in [0.25, 0.3) is 0 Å². The zero-order valence-electron chi connectivity index (χ0n) is 32.7. The van der Waals surface area contributed by atoms with Gasteiger partial charge in [0, 0.05) is 69.3 Å². The number of rotatable bonds is 7. The predicted octanol–water partition coefficient (Wildman–Crippen LogP) is 4.37. The van der Waals surface area contributed by atoms with E-state index in [9.17, 15) is 37.1 Å². The summed E-state index contributed by atoms with van der Waals surface area (Å²) < 4.78 is 42.0. The van der Waals surface area contributed by atoms with Crippen molar-refractivity contribution in [1.82, 2.24) is 24.9 Å². The minimum absolute atomic E-state index is 0.0577. The van der Waals surface area contributed by atoms with Crippen LogP contribution in [-0.2, 0) is 26.1 Å². The first kappa shape index (κ1) is 38.7. The number of halogens is 3. The summed E-state index contributed by atoms with van der Waals surface area (Å²) in [5, 5.41) is 18.4. The predicted molar refractivity (Wildman–Crippen MR) is 207 cm³/mol. The van der Waals surface area contributed by atoms with Crippen molar-refractivity contribution >= 4 is 46.6 Å². The van der Waals surface area contributed by atoms with Crippen molar-refractivity contribution in [3.63, 3.8) is 0 Å². The van der Waals surface area contributed by atoms with Crippen LogP contribution in [0.15, 0.2) is 48.8 Å². The molecule has 3 unspecified atom stereocenters. The molecule has 4 saturated heterocycles. The second kappa shape index (κ2) is 13.9. The monoisotopic (exact) mass is 811 g/mol. The zero-order valence-corrected chi connectivity index (χ0v) is 32.7. The molecule has 59 heavy (non-hydrogen) atoms. The highest BCUT2D eigenvalue weighted by Crippen LogP contribution is 2.53. The number of piperidine rings is 2. The molecule has 1 aliphatic carbocycles. The Morgan fingerprint density at radius 3 is 2.27 bits per heavy atom. The number of amides is 5. The fraction of sp³-hybridized carbons (Fsp3) is 0.500. The van der Waals surface area contributed by atoms with Crippen LogP contribution in [0.4, 0.5) is 30.2 Å². The number of carbonyl (C=O) groups excluding carboxylic acids is 5. The number of nitrogens with one attached hydrogen (secondary N) is 2. The summed E-state index contributed by atoms with van der Waals surface area (Å²) in [6.45, 7) is 8.80. The first-order chi connectivity index (χ1) is 28.0. The second-order valence-corrected chi connectivity index (χ2v) is 17.6. The maximum absolute atomic E-state index is 13.5. The standard InChI is InChI=1S/C42H44F3N9O5/c1-40(2,39(59)48-27-4-3-24(17-46)33(13-27)42(43,44)45)53-23-30(18-47-53)52-21-25-19-51(20-26(25)22-52)29-15-41(16-29)9-11-50(12-10-41)28-5-6-31-32(14-28)38(58)54(37(31)57)34-7-8-35(55)49-36(34)56/h3-6,13-14,18,23,25-26,29,34H,7-12,15-16,19-22H2,1-2H3,(H,48,59)(H,49,55,56). The van der Waals surface area contributed by atoms with Crippen LogP contribution in [0.2, 0.25) is 0 Å². The van der Waals surface area contributed by atoms with Crippen LogP contribution >= 0.6 is 0 Å². The number of imide groups is 2. The SMILES string of the molecule is CC(C)(C(=O)Nc1ccc(C#N)c(C(F)(F)F)c1)n1cc(N2CC3CN(C4CC5(CCN(c6ccc7c(c6)C(=O)N(C6CCC(=O)NC6=O)C7=O)CC5)C4)CC3C2)cn1. The number of nitrogens with zero attached hydrogens (tertiary/aromatic N) is 7. The van der Waals surface area contributed by atoms with Gasteiger partial charge < -0.3 is 15.1 Å². The third-order valence-electron chi connectivity index (χ3n) is 13.7. The molecular formula is C42H44F3N9O5. The van der Waals surface area contributed by atoms with Gasteiger partial charge in [-0.3, -0.25) is 43.8 Å². The lowest BCUT2D eigenvalue weighted by Crippen LogP contribution is -2.55. The first-order valence-electron chi connectivity index (χ1n) is 20.1. The maximum Gasteiger partial charge on any atom is 0.417 e. The molecule has 14 nitrogen and oxygen atoms in total. The Balaban J connectivity index is 0.755. The summed E-state index contributed by atoms with van der Waals surface area (Å²) in [6, 6.07) is 9.55. The summed E-state index contributed by atoms with van der Waals surface area (Å²) in [5.74, 6) is -1.54. The quantitative estimate of drug-likeness (QED) is 0.328. The van der Waals surface area contributed by atoms with Gasteiger partial charge in [-0.25, -0.2) is 0 Å². The summed E-state index contributed by atoms with van der Waals surface area (Å²) in [6.07, 6.45) is 3.42. The summed E-state index contributed by atoms with van der Waals surface area (Å²) in [7, 11) is 0. The van der Waals surface area contributed by atoms with Crippen LogP contribution in [0.3, 0.4) is 0 Å². The lowest BCUT2D eigenvalue weighted by atomic mass is 9.60. The van der Waals surface area contributed by atoms with Gasteiger partial charge in [0.2, 0.25) is 11.8 Å². The minimum Gasteiger partial charge on any atom is -0.371 e. The van der Waals surface area contributed by atoms with Gasteiger partial charge in [-0.15, -0.1) is 0 Å². The zero-order chi connectivity index (χ0) is 41.6. The largest absolute Gasteiger partial charge is 0.417 e. The van der Waals surface area contributed by atoms with Gasteiger partial charge in [0.1, 0.15) is 11.6 Å². The number of fused-ring (bicyclic) bond motifs is 2. The average molecular weight is 812 g/mol. The lowest BCUT2D eigenvalue weighted by molar-refractivity contribution is -0.138. The number of hydrogen-bond acceptors (Lipinski definition) is 10. The number of aromatic nitrogens is 2. The summed E-state index contributed by atoms with van der Waals surface area (Å²) >= 11 is 0. The average Bonchev–Trinajstić information content (AvgIpc) is 3.97. The highest BCUT2D eigenvalue weighted by Gasteiger charge is 2.52. The lowest BCUT2D eigenvalue weighted by Gasteiger charge is -2.55. The van der Waals surface area contributed by atoms with Crippen LogP contribution in [0.5, 0.6) is 0 Å². The Hall–Kier alpha value is -5.76. The number of anilines is 3. The van der Waals surface area contributed by atoms with Crippen LogP contribution < -0.4 is 20.4 Å². The smallest absolute Gasteiger partial charge is 0.371 e. The topological polar surface area (TPSA) is 164 Å². The van der Waals surface area contributed by atoms with E-state index in [1.54, 1.807) is 38.2 Å². The van der Waals surface area contributed by atoms with E-state index in [0.29, 0.717) is 28.9 Å². The molecule has 0 bridgehead atoms. The maximum atomic E-state index is 13.5. The molecule has 6 aliphatic rings. The van der Waals surface area contributed by atoms with E-state index in [0.717, 1.165) is 93.4 Å². The molecule has 1 aromatic heterocycles. The fourth-order valence-corrected chi connectivity index (χ4v) is 10.2. The highest BCUT2D eigenvalue weighted by molar-refractivity contribution is 6.23. The molecule has 1 saturated carbocycles. The molecular weight excluding hydrogens is 768 g/mol. The molecule has 5 amide bonds. The van der Waals surface area contributed by atoms with Crippen LogP contribution in [0, 0.1) is 28.6 Å². The Morgan fingerprint density at radius 2 is 1.61 bits per heavy atom. The van der Waals surface area contributed by atoms with E-state index < -0.39 is 58.4 Å². The molecule has 5 fully saturated rings. The molecule has 308 valence electrons. The van der Waals surface area contributed by atoms with Gasteiger partial charge in [-0.05, 0) is 99.6 Å². The molecule has 17 heteroatoms. The molecule has 2 N–H and O–H groups in total. The summed E-state index contributed by atoms with van der Waals surface area (Å²) in [4.78, 5) is 72.2. The first-order valence-corrected chi connectivity index (χ1v) is 20.1. The Kier molecular flexibility index (Phi) is 9.14. The van der Waals surface area contributed by atoms with Crippen molar-refractivity contribution < 1.29 is 37.1 Å². The Morgan fingerprint density at radius 1 is 0.915 bits per heavy atom. The highest BCUT2D eigenvalue weighted by atomic mass is 19.4. The van der Waals surface area contributed by atoms with Crippen molar-refractivity contribution in [1.29, 1.82) is 5.26 Å². The number of carbonyl (C=O) groups is 5. The number of likely N-dealkylation sites (tertiary alicyclic amines) is 1. The van der Waals surface area contributed by atoms with Gasteiger partial charge in [-0.1, -0.05) is 0 Å². The molecule has 9 rings (SSSR count). The normalized spacial score (nSPS) is 24.6. The Bertz CT molecular complexity index is 2300. The molecule has 5 aliphatic heterocycles. The van der Waals surface area contributed by atoms with Gasteiger partial charge in [0.25, 0.3) is 17.7 Å². The van der Waals surface area contributed by atoms with Crippen molar-refractivity contribution in [2.45, 2.75) is 76.2 Å². The van der Waals surface area contributed by atoms with E-state index in [2.05, 4.69) is 30.4 Å². The van der Waals surface area contributed by atoms with Crippen molar-refractivity contribution in [2.75, 3.05) is 54.4 Å². The summed E-state index contributed by atoms with van der Waals surface area (Å²) in [5.41, 5.74) is -0.228. The number of alkyl halides is 3. The van der Waals surface area contributed by atoms with E-state index in [1.807, 2.05) is 12.3 Å². The molecule has 3 atom stereocenters.